The summed E-state index contributed by atoms with van der Waals surface area (Å²) in [7, 11) is 0. The predicted octanol–water partition coefficient (Wildman–Crippen LogP) is 4.55. The average Bonchev–Trinajstić information content (AvgIpc) is 3.40. The second kappa shape index (κ2) is 7.94. The number of hydrogen-bond acceptors (Lipinski definition) is 5. The summed E-state index contributed by atoms with van der Waals surface area (Å²) in [6.45, 7) is 0.257. The van der Waals surface area contributed by atoms with Crippen LogP contribution in [0.15, 0.2) is 36.7 Å². The molecule has 2 aromatic heterocycles. The van der Waals surface area contributed by atoms with Crippen LogP contribution in [-0.2, 0) is 23.8 Å². The zero-order valence-corrected chi connectivity index (χ0v) is 18.0. The number of aromatic nitrogens is 4. The number of nitrogens with two attached hydrogens (primary N) is 1. The van der Waals surface area contributed by atoms with E-state index in [0.717, 1.165) is 6.07 Å². The Bertz CT molecular complexity index is 1450. The van der Waals surface area contributed by atoms with Gasteiger partial charge in [-0.15, -0.1) is 0 Å². The third kappa shape index (κ3) is 3.61. The van der Waals surface area contributed by atoms with Gasteiger partial charge in [-0.3, -0.25) is 9.89 Å². The zero-order valence-electron chi connectivity index (χ0n) is 17.2. The van der Waals surface area contributed by atoms with Gasteiger partial charge in [0.25, 0.3) is 0 Å². The monoisotopic (exact) mass is 490 g/mol. The normalized spacial score (nSPS) is 13.5. The van der Waals surface area contributed by atoms with E-state index in [4.69, 9.17) is 17.3 Å². The van der Waals surface area contributed by atoms with E-state index < -0.39 is 29.9 Å². The Morgan fingerprint density at radius 2 is 2.00 bits per heavy atom. The van der Waals surface area contributed by atoms with Crippen LogP contribution >= 0.6 is 11.6 Å². The number of rotatable bonds is 3. The molecule has 0 fully saturated rings. The van der Waals surface area contributed by atoms with Crippen molar-refractivity contribution in [2.24, 2.45) is 0 Å². The molecule has 12 heteroatoms. The lowest BCUT2D eigenvalue weighted by Crippen LogP contribution is -2.30. The standard InChI is InChI=1S/C22H15ClF4N6O/c23-18-12-5-6-33(16(34)8-10-7-11(22(25,26)27)1-3-14(10)24)15(12)4-2-13(18)19-17-20(28)29-9-30-21(17)32-31-19/h1-4,7,9H,5-6,8H2,(H3,28,29,30,31,32). The first-order chi connectivity index (χ1) is 16.1. The second-order valence-corrected chi connectivity index (χ2v) is 8.13. The van der Waals surface area contributed by atoms with Crippen LogP contribution in [0, 0.1) is 5.82 Å². The van der Waals surface area contributed by atoms with Crippen LogP contribution < -0.4 is 10.6 Å². The number of aromatic amines is 1. The zero-order chi connectivity index (χ0) is 24.2. The number of H-pyrrole nitrogens is 1. The molecule has 0 unspecified atom stereocenters. The van der Waals surface area contributed by atoms with Gasteiger partial charge in [-0.25, -0.2) is 14.4 Å². The lowest BCUT2D eigenvalue weighted by atomic mass is 10.0. The minimum atomic E-state index is -4.64. The molecule has 5 rings (SSSR count). The van der Waals surface area contributed by atoms with Gasteiger partial charge < -0.3 is 10.6 Å². The van der Waals surface area contributed by atoms with Crippen molar-refractivity contribution in [2.75, 3.05) is 17.2 Å². The van der Waals surface area contributed by atoms with Crippen molar-refractivity contribution in [3.63, 3.8) is 0 Å². The van der Waals surface area contributed by atoms with Crippen LogP contribution in [0.25, 0.3) is 22.3 Å². The maximum Gasteiger partial charge on any atom is 0.416 e. The fourth-order valence-electron chi connectivity index (χ4n) is 4.12. The molecule has 0 spiro atoms. The average molecular weight is 491 g/mol. The maximum atomic E-state index is 14.1. The van der Waals surface area contributed by atoms with E-state index in [2.05, 4.69) is 20.2 Å². The smallest absolute Gasteiger partial charge is 0.383 e. The fraction of sp³-hybridized carbons (Fsp3) is 0.182. The molecule has 34 heavy (non-hydrogen) atoms. The number of hydrogen-bond donors (Lipinski definition) is 2. The van der Waals surface area contributed by atoms with Crippen molar-refractivity contribution in [3.8, 4) is 11.3 Å². The lowest BCUT2D eigenvalue weighted by molar-refractivity contribution is -0.137. The van der Waals surface area contributed by atoms with Crippen molar-refractivity contribution in [2.45, 2.75) is 19.0 Å². The Hall–Kier alpha value is -3.73. The van der Waals surface area contributed by atoms with Crippen LogP contribution in [0.2, 0.25) is 5.02 Å². The summed E-state index contributed by atoms with van der Waals surface area (Å²) < 4.78 is 53.1. The molecule has 0 radical (unpaired) electrons. The molecule has 2 aromatic carbocycles. The molecule has 0 saturated carbocycles. The van der Waals surface area contributed by atoms with Crippen LogP contribution in [0.5, 0.6) is 0 Å². The Labute approximate surface area is 194 Å². The molecule has 0 aliphatic carbocycles. The van der Waals surface area contributed by atoms with E-state index in [1.165, 1.54) is 11.2 Å². The van der Waals surface area contributed by atoms with Crippen LogP contribution in [0.1, 0.15) is 16.7 Å². The summed E-state index contributed by atoms with van der Waals surface area (Å²) >= 11 is 6.67. The van der Waals surface area contributed by atoms with Crippen LogP contribution in [0.4, 0.5) is 29.1 Å². The van der Waals surface area contributed by atoms with Gasteiger partial charge in [0.2, 0.25) is 5.91 Å². The molecule has 0 atom stereocenters. The number of anilines is 2. The molecule has 0 saturated heterocycles. The highest BCUT2D eigenvalue weighted by Crippen LogP contribution is 2.42. The highest BCUT2D eigenvalue weighted by molar-refractivity contribution is 6.35. The van der Waals surface area contributed by atoms with E-state index in [9.17, 15) is 22.4 Å². The quantitative estimate of drug-likeness (QED) is 0.410. The van der Waals surface area contributed by atoms with Gasteiger partial charge in [-0.1, -0.05) is 11.6 Å². The van der Waals surface area contributed by atoms with Crippen molar-refractivity contribution in [1.29, 1.82) is 0 Å². The molecule has 1 amide bonds. The number of nitrogens with zero attached hydrogens (tertiary/aromatic N) is 4. The van der Waals surface area contributed by atoms with Gasteiger partial charge >= 0.3 is 6.18 Å². The largest absolute Gasteiger partial charge is 0.416 e. The number of nitrogen functional groups attached to an aromatic ring is 1. The van der Waals surface area contributed by atoms with Crippen molar-refractivity contribution < 1.29 is 22.4 Å². The number of fused-ring (bicyclic) bond motifs is 2. The highest BCUT2D eigenvalue weighted by atomic mass is 35.5. The summed E-state index contributed by atoms with van der Waals surface area (Å²) in [5.41, 5.74) is 7.32. The van der Waals surface area contributed by atoms with Gasteiger partial charge in [0.15, 0.2) is 5.65 Å². The molecule has 3 heterocycles. The van der Waals surface area contributed by atoms with E-state index in [0.29, 0.717) is 57.1 Å². The van der Waals surface area contributed by atoms with Crippen molar-refractivity contribution >= 4 is 40.0 Å². The molecule has 0 bridgehead atoms. The summed E-state index contributed by atoms with van der Waals surface area (Å²) in [5.74, 6) is -1.18. The van der Waals surface area contributed by atoms with Gasteiger partial charge in [0.05, 0.1) is 28.1 Å². The van der Waals surface area contributed by atoms with E-state index in [1.54, 1.807) is 12.1 Å². The van der Waals surface area contributed by atoms with Gasteiger partial charge in [-0.05, 0) is 47.9 Å². The minimum Gasteiger partial charge on any atom is -0.383 e. The number of halogens is 5. The first-order valence-corrected chi connectivity index (χ1v) is 10.4. The van der Waals surface area contributed by atoms with Gasteiger partial charge in [0, 0.05) is 17.8 Å². The molecule has 4 aromatic rings. The Kier molecular flexibility index (Phi) is 5.16. The molecule has 174 valence electrons. The third-order valence-electron chi connectivity index (χ3n) is 5.76. The minimum absolute atomic E-state index is 0.227. The molecular formula is C22H15ClF4N6O. The first-order valence-electron chi connectivity index (χ1n) is 10.1. The number of amides is 1. The fourth-order valence-corrected chi connectivity index (χ4v) is 4.47. The van der Waals surface area contributed by atoms with Crippen molar-refractivity contribution in [3.05, 3.63) is 64.2 Å². The molecule has 1 aliphatic rings. The van der Waals surface area contributed by atoms with Gasteiger partial charge in [-0.2, -0.15) is 18.3 Å². The summed E-state index contributed by atoms with van der Waals surface area (Å²) in [4.78, 5) is 22.4. The maximum absolute atomic E-state index is 14.1. The van der Waals surface area contributed by atoms with E-state index in [-0.39, 0.29) is 17.9 Å². The first kappa shape index (κ1) is 22.1. The highest BCUT2D eigenvalue weighted by Gasteiger charge is 2.33. The summed E-state index contributed by atoms with van der Waals surface area (Å²) in [6, 6.07) is 5.38. The predicted molar refractivity (Wildman–Crippen MR) is 118 cm³/mol. The third-order valence-corrected chi connectivity index (χ3v) is 6.19. The Balaban J connectivity index is 1.47. The van der Waals surface area contributed by atoms with Crippen LogP contribution in [0.3, 0.4) is 0 Å². The molecular weight excluding hydrogens is 476 g/mol. The SMILES string of the molecule is Nc1ncnc2n[nH]c(-c3ccc4c(c3Cl)CCN4C(=O)Cc3cc(C(F)(F)F)ccc3F)c12. The second-order valence-electron chi connectivity index (χ2n) is 7.76. The number of carbonyl (C=O) groups is 1. The summed E-state index contributed by atoms with van der Waals surface area (Å²) in [6.07, 6.45) is -3.45. The molecule has 7 nitrogen and oxygen atoms in total. The van der Waals surface area contributed by atoms with Crippen molar-refractivity contribution in [1.82, 2.24) is 20.2 Å². The topological polar surface area (TPSA) is 101 Å². The van der Waals surface area contributed by atoms with E-state index >= 15 is 0 Å². The van der Waals surface area contributed by atoms with Crippen LogP contribution in [-0.4, -0.2) is 32.6 Å². The van der Waals surface area contributed by atoms with E-state index in [1.807, 2.05) is 0 Å². The molecule has 1 aliphatic heterocycles. The Morgan fingerprint density at radius 1 is 1.21 bits per heavy atom. The lowest BCUT2D eigenvalue weighted by Gasteiger charge is -2.19. The number of benzene rings is 2. The number of nitrogens with one attached hydrogen (secondary N) is 1. The molecule has 3 N–H and O–H groups in total. The number of carbonyl (C=O) groups excluding carboxylic acids is 1. The Morgan fingerprint density at radius 3 is 2.76 bits per heavy atom. The summed E-state index contributed by atoms with van der Waals surface area (Å²) in [5, 5.41) is 7.86. The number of alkyl halides is 3. The van der Waals surface area contributed by atoms with Gasteiger partial charge in [0.1, 0.15) is 18.0 Å².